The normalized spacial score (nSPS) is 10.5. The number of hydrogen-bond acceptors (Lipinski definition) is 7. The Hall–Kier alpha value is -3.76. The molecule has 1 aromatic carbocycles. The molecule has 130 valence electrons. The number of amides is 1. The monoisotopic (exact) mass is 344 g/mol. The summed E-state index contributed by atoms with van der Waals surface area (Å²) >= 11 is 0. The number of para-hydroxylation sites is 1. The minimum absolute atomic E-state index is 0.0340. The number of carbonyl (C=O) groups is 1. The van der Waals surface area contributed by atoms with Crippen molar-refractivity contribution in [1.29, 1.82) is 0 Å². The van der Waals surface area contributed by atoms with Crippen LogP contribution in [-0.4, -0.2) is 38.0 Å². The molecule has 25 heavy (non-hydrogen) atoms. The number of benzene rings is 1. The number of phenols is 1. The van der Waals surface area contributed by atoms with Crippen LogP contribution in [0.3, 0.4) is 0 Å². The van der Waals surface area contributed by atoms with E-state index in [0.29, 0.717) is 16.7 Å². The standard InChI is InChI=1S/C9H8N2O2.C5H8N6O/c1-5-10-8-6(9(13)11-5)3-2-4-7(8)12;1-7-11-10-5-3(4(6)12)8-2-9-5/h2-4,12H,1H3,(H,10,11,13);2H,1H3,(H2,6,12)(H,7,10)(H,8,9). The molecule has 3 aromatic rings. The number of aromatic hydroxyl groups is 1. The number of fused-ring (bicyclic) bond motifs is 1. The first-order valence-electron chi connectivity index (χ1n) is 7.00. The van der Waals surface area contributed by atoms with Gasteiger partial charge in [0.05, 0.1) is 18.8 Å². The van der Waals surface area contributed by atoms with Gasteiger partial charge in [-0.15, -0.1) is 0 Å². The summed E-state index contributed by atoms with van der Waals surface area (Å²) in [6, 6.07) is 4.75. The number of nitrogens with two attached hydrogens (primary N) is 1. The number of aromatic nitrogens is 4. The van der Waals surface area contributed by atoms with Crippen LogP contribution in [0, 0.1) is 6.92 Å². The van der Waals surface area contributed by atoms with Gasteiger partial charge >= 0.3 is 0 Å². The fraction of sp³-hybridized carbons (Fsp3) is 0.143. The molecular weight excluding hydrogens is 328 g/mol. The Balaban J connectivity index is 0.000000181. The first-order chi connectivity index (χ1) is 11.9. The molecule has 0 aliphatic rings. The van der Waals surface area contributed by atoms with Gasteiger partial charge < -0.3 is 20.8 Å². The molecule has 0 radical (unpaired) electrons. The molecule has 0 unspecified atom stereocenters. The molecule has 6 N–H and O–H groups in total. The Morgan fingerprint density at radius 1 is 1.40 bits per heavy atom. The molecule has 11 nitrogen and oxygen atoms in total. The maximum absolute atomic E-state index is 11.3. The Morgan fingerprint density at radius 3 is 2.84 bits per heavy atom. The van der Waals surface area contributed by atoms with E-state index in [2.05, 4.69) is 35.7 Å². The third-order valence-corrected chi connectivity index (χ3v) is 2.97. The highest BCUT2D eigenvalue weighted by Crippen LogP contribution is 2.18. The number of nitrogens with zero attached hydrogens (tertiary/aromatic N) is 4. The number of phenolic OH excluding ortho intramolecular Hbond substituents is 1. The largest absolute Gasteiger partial charge is 0.506 e. The lowest BCUT2D eigenvalue weighted by atomic mass is 10.2. The van der Waals surface area contributed by atoms with Gasteiger partial charge in [0.1, 0.15) is 22.8 Å². The number of aryl methyl sites for hydroxylation is 1. The summed E-state index contributed by atoms with van der Waals surface area (Å²) in [5.74, 6) is 0.208. The van der Waals surface area contributed by atoms with Crippen LogP contribution < -0.4 is 16.7 Å². The van der Waals surface area contributed by atoms with Crippen LogP contribution in [0.4, 0.5) is 5.82 Å². The predicted octanol–water partition coefficient (Wildman–Crippen LogP) is 0.855. The minimum atomic E-state index is -0.596. The molecule has 2 heterocycles. The smallest absolute Gasteiger partial charge is 0.269 e. The molecule has 0 aliphatic heterocycles. The molecule has 0 spiro atoms. The van der Waals surface area contributed by atoms with Crippen LogP contribution in [0.2, 0.25) is 0 Å². The van der Waals surface area contributed by atoms with E-state index in [4.69, 9.17) is 5.73 Å². The Morgan fingerprint density at radius 2 is 2.16 bits per heavy atom. The number of carbonyl (C=O) groups excluding carboxylic acids is 1. The van der Waals surface area contributed by atoms with Crippen molar-refractivity contribution < 1.29 is 9.90 Å². The van der Waals surface area contributed by atoms with Crippen molar-refractivity contribution in [3.8, 4) is 5.75 Å². The van der Waals surface area contributed by atoms with E-state index in [9.17, 15) is 14.7 Å². The van der Waals surface area contributed by atoms with Gasteiger partial charge in [-0.3, -0.25) is 9.59 Å². The summed E-state index contributed by atoms with van der Waals surface area (Å²) in [7, 11) is 1.49. The minimum Gasteiger partial charge on any atom is -0.506 e. The number of hydrogen-bond donors (Lipinski definition) is 5. The van der Waals surface area contributed by atoms with E-state index in [1.807, 2.05) is 0 Å². The zero-order chi connectivity index (χ0) is 18.4. The van der Waals surface area contributed by atoms with Crippen LogP contribution in [-0.2, 0) is 0 Å². The molecule has 0 fully saturated rings. The summed E-state index contributed by atoms with van der Waals surface area (Å²) in [4.78, 5) is 34.9. The SMILES string of the molecule is CN=NNc1nc[nH]c1C(N)=O.Cc1nc2c(O)cccc2c(=O)[nH]1. The highest BCUT2D eigenvalue weighted by molar-refractivity contribution is 5.95. The van der Waals surface area contributed by atoms with Crippen LogP contribution >= 0.6 is 0 Å². The van der Waals surface area contributed by atoms with Crippen LogP contribution in [0.1, 0.15) is 16.3 Å². The number of primary amides is 1. The zero-order valence-electron chi connectivity index (χ0n) is 13.4. The molecule has 0 saturated heterocycles. The second kappa shape index (κ2) is 7.68. The first-order valence-corrected chi connectivity index (χ1v) is 7.00. The fourth-order valence-electron chi connectivity index (χ4n) is 1.92. The number of aromatic amines is 2. The van der Waals surface area contributed by atoms with Gasteiger partial charge in [-0.05, 0) is 19.1 Å². The number of anilines is 1. The topological polar surface area (TPSA) is 174 Å². The number of imidazole rings is 1. The Kier molecular flexibility index (Phi) is 5.40. The summed E-state index contributed by atoms with van der Waals surface area (Å²) < 4.78 is 0. The van der Waals surface area contributed by atoms with Gasteiger partial charge in [0, 0.05) is 0 Å². The van der Waals surface area contributed by atoms with E-state index in [0.717, 1.165) is 0 Å². The summed E-state index contributed by atoms with van der Waals surface area (Å²) in [5, 5.41) is 16.7. The predicted molar refractivity (Wildman–Crippen MR) is 90.3 cm³/mol. The molecule has 3 rings (SSSR count). The molecule has 0 saturated carbocycles. The highest BCUT2D eigenvalue weighted by atomic mass is 16.3. The van der Waals surface area contributed by atoms with Crippen molar-refractivity contribution in [2.24, 2.45) is 16.1 Å². The molecule has 2 aromatic heterocycles. The molecule has 0 bridgehead atoms. The average Bonchev–Trinajstić information content (AvgIpc) is 3.03. The van der Waals surface area contributed by atoms with Crippen molar-refractivity contribution in [1.82, 2.24) is 19.9 Å². The van der Waals surface area contributed by atoms with Crippen molar-refractivity contribution in [3.63, 3.8) is 0 Å². The number of nitrogens with one attached hydrogen (secondary N) is 3. The van der Waals surface area contributed by atoms with E-state index >= 15 is 0 Å². The average molecular weight is 344 g/mol. The van der Waals surface area contributed by atoms with E-state index in [1.165, 1.54) is 19.4 Å². The maximum Gasteiger partial charge on any atom is 0.269 e. The Bertz CT molecular complexity index is 976. The Labute approximate surface area is 141 Å². The molecule has 0 atom stereocenters. The van der Waals surface area contributed by atoms with Gasteiger partial charge in [0.25, 0.3) is 11.5 Å². The van der Waals surface area contributed by atoms with E-state index in [1.54, 1.807) is 19.1 Å². The second-order valence-electron chi connectivity index (χ2n) is 4.73. The third kappa shape index (κ3) is 4.16. The lowest BCUT2D eigenvalue weighted by Crippen LogP contribution is -2.13. The molecule has 1 amide bonds. The van der Waals surface area contributed by atoms with Crippen molar-refractivity contribution in [2.45, 2.75) is 6.92 Å². The number of H-pyrrole nitrogens is 2. The van der Waals surface area contributed by atoms with Gasteiger partial charge in [-0.1, -0.05) is 11.3 Å². The lowest BCUT2D eigenvalue weighted by Gasteiger charge is -1.99. The molecule has 0 aliphatic carbocycles. The van der Waals surface area contributed by atoms with Crippen molar-refractivity contribution in [2.75, 3.05) is 12.5 Å². The van der Waals surface area contributed by atoms with Gasteiger partial charge in [0.15, 0.2) is 5.82 Å². The van der Waals surface area contributed by atoms with Crippen molar-refractivity contribution in [3.05, 3.63) is 46.4 Å². The maximum atomic E-state index is 11.3. The quantitative estimate of drug-likeness (QED) is 0.347. The third-order valence-electron chi connectivity index (χ3n) is 2.97. The first kappa shape index (κ1) is 17.6. The summed E-state index contributed by atoms with van der Waals surface area (Å²) in [5.41, 5.74) is 7.76. The molecular formula is C14H16N8O3. The lowest BCUT2D eigenvalue weighted by molar-refractivity contribution is 0.0997. The van der Waals surface area contributed by atoms with Crippen molar-refractivity contribution >= 4 is 22.6 Å². The van der Waals surface area contributed by atoms with Crippen LogP contribution in [0.25, 0.3) is 10.9 Å². The fourth-order valence-corrected chi connectivity index (χ4v) is 1.92. The van der Waals surface area contributed by atoms with Crippen LogP contribution in [0.15, 0.2) is 39.7 Å². The molecule has 11 heteroatoms. The van der Waals surface area contributed by atoms with E-state index in [-0.39, 0.29) is 22.8 Å². The van der Waals surface area contributed by atoms with Gasteiger partial charge in [-0.25, -0.2) is 15.4 Å². The second-order valence-corrected chi connectivity index (χ2v) is 4.73. The number of rotatable bonds is 3. The van der Waals surface area contributed by atoms with E-state index < -0.39 is 5.91 Å². The van der Waals surface area contributed by atoms with Crippen LogP contribution in [0.5, 0.6) is 5.75 Å². The highest BCUT2D eigenvalue weighted by Gasteiger charge is 2.09. The summed E-state index contributed by atoms with van der Waals surface area (Å²) in [6.07, 6.45) is 1.34. The summed E-state index contributed by atoms with van der Waals surface area (Å²) in [6.45, 7) is 1.67. The zero-order valence-corrected chi connectivity index (χ0v) is 13.4. The van der Waals surface area contributed by atoms with Gasteiger partial charge in [0.2, 0.25) is 0 Å². The van der Waals surface area contributed by atoms with Gasteiger partial charge in [-0.2, -0.15) is 5.11 Å².